The number of nitriles is 1. The minimum absolute atomic E-state index is 0.0843. The molecule has 2 aliphatic heterocycles. The molecule has 0 aliphatic carbocycles. The summed E-state index contributed by atoms with van der Waals surface area (Å²) in [5.74, 6) is -1.65. The summed E-state index contributed by atoms with van der Waals surface area (Å²) in [5.41, 5.74) is 6.54. The van der Waals surface area contributed by atoms with E-state index in [9.17, 15) is 14.9 Å². The molecule has 0 saturated carbocycles. The molecule has 4 atom stereocenters. The normalized spacial score (nSPS) is 25.5. The molecule has 0 unspecified atom stereocenters. The fraction of sp³-hybridized carbons (Fsp3) is 0.296. The molecule has 7 heteroatoms. The SMILES string of the molecule is CC(C)(C)C(=O)[C@@H]1[C@H](c2cccnc2)[C@@](C#N)(C(N)=O)[C@@H]2C=Cc3ccc4cccnc4c3N12. The second kappa shape index (κ2) is 7.49. The molecule has 2 aliphatic rings. The summed E-state index contributed by atoms with van der Waals surface area (Å²) < 4.78 is 0. The minimum atomic E-state index is -1.68. The summed E-state index contributed by atoms with van der Waals surface area (Å²) in [4.78, 5) is 38.1. The summed E-state index contributed by atoms with van der Waals surface area (Å²) in [6.45, 7) is 5.55. The number of hydrogen-bond acceptors (Lipinski definition) is 6. The van der Waals surface area contributed by atoms with Crippen molar-refractivity contribution in [2.45, 2.75) is 38.8 Å². The van der Waals surface area contributed by atoms with Crippen molar-refractivity contribution in [3.63, 3.8) is 0 Å². The van der Waals surface area contributed by atoms with Gasteiger partial charge in [0.25, 0.3) is 0 Å². The third kappa shape index (κ3) is 2.88. The number of carbonyl (C=O) groups is 2. The van der Waals surface area contributed by atoms with Gasteiger partial charge in [-0.3, -0.25) is 19.6 Å². The number of nitrogens with zero attached hydrogens (tertiary/aromatic N) is 4. The van der Waals surface area contributed by atoms with E-state index in [1.54, 1.807) is 30.7 Å². The zero-order chi connectivity index (χ0) is 24.3. The van der Waals surface area contributed by atoms with Gasteiger partial charge in [-0.1, -0.05) is 57.2 Å². The average Bonchev–Trinajstić information content (AvgIpc) is 3.14. The zero-order valence-electron chi connectivity index (χ0n) is 19.3. The smallest absolute Gasteiger partial charge is 0.241 e. The molecule has 34 heavy (non-hydrogen) atoms. The Balaban J connectivity index is 1.89. The lowest BCUT2D eigenvalue weighted by Gasteiger charge is -2.38. The van der Waals surface area contributed by atoms with Crippen LogP contribution in [0.2, 0.25) is 0 Å². The second-order valence-corrected chi connectivity index (χ2v) is 9.96. The highest BCUT2D eigenvalue weighted by molar-refractivity contribution is 6.04. The number of hydrogen-bond donors (Lipinski definition) is 1. The molecule has 1 saturated heterocycles. The lowest BCUT2D eigenvalue weighted by molar-refractivity contribution is -0.128. The first-order valence-corrected chi connectivity index (χ1v) is 11.2. The van der Waals surface area contributed by atoms with Gasteiger partial charge in [-0.2, -0.15) is 5.26 Å². The number of pyridine rings is 2. The molecule has 5 rings (SSSR count). The molecule has 4 heterocycles. The highest BCUT2D eigenvalue weighted by Gasteiger charge is 2.66. The first kappa shape index (κ1) is 21.8. The maximum absolute atomic E-state index is 14.1. The number of carbonyl (C=O) groups excluding carboxylic acids is 2. The number of rotatable bonds is 3. The number of nitrogens with two attached hydrogens (primary N) is 1. The van der Waals surface area contributed by atoms with E-state index in [0.29, 0.717) is 11.1 Å². The highest BCUT2D eigenvalue weighted by atomic mass is 16.1. The maximum atomic E-state index is 14.1. The van der Waals surface area contributed by atoms with Crippen molar-refractivity contribution in [2.75, 3.05) is 4.90 Å². The van der Waals surface area contributed by atoms with E-state index in [4.69, 9.17) is 5.73 Å². The Kier molecular flexibility index (Phi) is 4.80. The largest absolute Gasteiger partial charge is 0.368 e. The van der Waals surface area contributed by atoms with Crippen LogP contribution in [-0.2, 0) is 9.59 Å². The van der Waals surface area contributed by atoms with Gasteiger partial charge in [0, 0.05) is 35.3 Å². The van der Waals surface area contributed by atoms with Gasteiger partial charge in [0.1, 0.15) is 0 Å². The monoisotopic (exact) mass is 451 g/mol. The topological polar surface area (TPSA) is 113 Å². The van der Waals surface area contributed by atoms with Crippen molar-refractivity contribution in [1.82, 2.24) is 9.97 Å². The molecule has 2 N–H and O–H groups in total. The predicted octanol–water partition coefficient (Wildman–Crippen LogP) is 3.61. The van der Waals surface area contributed by atoms with E-state index >= 15 is 0 Å². The van der Waals surface area contributed by atoms with Gasteiger partial charge < -0.3 is 10.6 Å². The van der Waals surface area contributed by atoms with Gasteiger partial charge in [0.15, 0.2) is 11.2 Å². The number of ketones is 1. The number of anilines is 1. The molecule has 0 radical (unpaired) electrons. The summed E-state index contributed by atoms with van der Waals surface area (Å²) >= 11 is 0. The van der Waals surface area contributed by atoms with Crippen molar-refractivity contribution in [1.29, 1.82) is 5.26 Å². The van der Waals surface area contributed by atoms with Crippen molar-refractivity contribution in [2.24, 2.45) is 16.6 Å². The summed E-state index contributed by atoms with van der Waals surface area (Å²) in [7, 11) is 0. The first-order valence-electron chi connectivity index (χ1n) is 11.2. The van der Waals surface area contributed by atoms with Gasteiger partial charge in [0.2, 0.25) is 5.91 Å². The molecule has 1 fully saturated rings. The summed E-state index contributed by atoms with van der Waals surface area (Å²) in [6, 6.07) is 12.0. The molecule has 1 aromatic carbocycles. The Morgan fingerprint density at radius 1 is 1.15 bits per heavy atom. The number of primary amides is 1. The van der Waals surface area contributed by atoms with Crippen LogP contribution >= 0.6 is 0 Å². The number of aromatic nitrogens is 2. The third-order valence-electron chi connectivity index (χ3n) is 7.01. The molecule has 2 aromatic heterocycles. The van der Waals surface area contributed by atoms with Crippen molar-refractivity contribution in [3.05, 3.63) is 72.2 Å². The van der Waals surface area contributed by atoms with Gasteiger partial charge in [-0.05, 0) is 23.3 Å². The van der Waals surface area contributed by atoms with Crippen LogP contribution in [0.25, 0.3) is 17.0 Å². The summed E-state index contributed by atoms with van der Waals surface area (Å²) in [6.07, 6.45) is 8.66. The Hall–Kier alpha value is -4.05. The van der Waals surface area contributed by atoms with Crippen LogP contribution in [0.3, 0.4) is 0 Å². The van der Waals surface area contributed by atoms with Crippen LogP contribution in [0.5, 0.6) is 0 Å². The standard InChI is InChI=1S/C27H25N5O2/c1-26(2,3)24(33)23-20(18-7-4-12-30-14-18)27(15-28,25(29)34)19-11-10-17-9-8-16-6-5-13-31-21(16)22(17)32(19)23/h4-14,19-20,23H,1-3H3,(H2,29,34)/t19-,20-,23-,27-/m0/s1. The minimum Gasteiger partial charge on any atom is -0.368 e. The Morgan fingerprint density at radius 3 is 2.56 bits per heavy atom. The quantitative estimate of drug-likeness (QED) is 0.651. The van der Waals surface area contributed by atoms with Crippen LogP contribution in [0.1, 0.15) is 37.8 Å². The summed E-state index contributed by atoms with van der Waals surface area (Å²) in [5, 5.41) is 11.5. The average molecular weight is 452 g/mol. The molecule has 1 amide bonds. The highest BCUT2D eigenvalue weighted by Crippen LogP contribution is 2.57. The molecule has 0 bridgehead atoms. The molecule has 3 aromatic rings. The predicted molar refractivity (Wildman–Crippen MR) is 130 cm³/mol. The molecule has 0 spiro atoms. The fourth-order valence-corrected chi connectivity index (χ4v) is 5.47. The number of amides is 1. The molecular formula is C27H25N5O2. The van der Waals surface area contributed by atoms with E-state index in [1.165, 1.54) is 0 Å². The van der Waals surface area contributed by atoms with Crippen LogP contribution in [0.15, 0.2) is 61.1 Å². The van der Waals surface area contributed by atoms with E-state index in [2.05, 4.69) is 16.0 Å². The van der Waals surface area contributed by atoms with Crippen LogP contribution in [0.4, 0.5) is 5.69 Å². The van der Waals surface area contributed by atoms with Crippen LogP contribution in [-0.4, -0.2) is 33.7 Å². The van der Waals surface area contributed by atoms with E-state index < -0.39 is 34.7 Å². The van der Waals surface area contributed by atoms with E-state index in [0.717, 1.165) is 16.6 Å². The lowest BCUT2D eigenvalue weighted by atomic mass is 9.66. The zero-order valence-corrected chi connectivity index (χ0v) is 19.3. The first-order chi connectivity index (χ1) is 16.2. The van der Waals surface area contributed by atoms with Crippen molar-refractivity contribution < 1.29 is 9.59 Å². The molecule has 170 valence electrons. The molecule has 7 nitrogen and oxygen atoms in total. The Morgan fingerprint density at radius 2 is 1.91 bits per heavy atom. The van der Waals surface area contributed by atoms with Gasteiger partial charge in [0.05, 0.1) is 29.4 Å². The van der Waals surface area contributed by atoms with Crippen LogP contribution in [0, 0.1) is 22.2 Å². The fourth-order valence-electron chi connectivity index (χ4n) is 5.47. The van der Waals surface area contributed by atoms with E-state index in [-0.39, 0.29) is 5.78 Å². The molecular weight excluding hydrogens is 426 g/mol. The van der Waals surface area contributed by atoms with Gasteiger partial charge >= 0.3 is 0 Å². The number of Topliss-reactive ketones (excluding diaryl/α,β-unsaturated/α-hetero) is 1. The van der Waals surface area contributed by atoms with Gasteiger partial charge in [-0.25, -0.2) is 0 Å². The van der Waals surface area contributed by atoms with Gasteiger partial charge in [-0.15, -0.1) is 0 Å². The lowest BCUT2D eigenvalue weighted by Crippen LogP contribution is -2.49. The van der Waals surface area contributed by atoms with E-state index in [1.807, 2.05) is 62.1 Å². The number of fused-ring (bicyclic) bond motifs is 5. The maximum Gasteiger partial charge on any atom is 0.241 e. The Labute approximate surface area is 197 Å². The number of benzene rings is 1. The third-order valence-corrected chi connectivity index (χ3v) is 7.01. The Bertz CT molecular complexity index is 1390. The van der Waals surface area contributed by atoms with Crippen molar-refractivity contribution in [3.8, 4) is 6.07 Å². The van der Waals surface area contributed by atoms with Crippen LogP contribution < -0.4 is 10.6 Å². The second-order valence-electron chi connectivity index (χ2n) is 9.96. The van der Waals surface area contributed by atoms with Crippen molar-refractivity contribution >= 4 is 34.4 Å².